The maximum Gasteiger partial charge on any atom is 0.128 e. The fourth-order valence-electron chi connectivity index (χ4n) is 7.75. The molecule has 1 heterocycles. The Bertz CT molecular complexity index is 2430. The van der Waals surface area contributed by atoms with Crippen molar-refractivity contribution in [3.63, 3.8) is 0 Å². The predicted molar refractivity (Wildman–Crippen MR) is 181 cm³/mol. The lowest BCUT2D eigenvalue weighted by atomic mass is 9.83. The Morgan fingerprint density at radius 2 is 1.19 bits per heavy atom. The Morgan fingerprint density at radius 1 is 0.512 bits per heavy atom. The summed E-state index contributed by atoms with van der Waals surface area (Å²) in [6.07, 6.45) is 6.97. The summed E-state index contributed by atoms with van der Waals surface area (Å²) < 4.78 is 6.51. The van der Waals surface area contributed by atoms with Gasteiger partial charge in [0.25, 0.3) is 0 Å². The molecule has 8 aromatic rings. The van der Waals surface area contributed by atoms with E-state index in [1.807, 2.05) is 0 Å². The SMILES string of the molecule is C1=CC2Oc3ccc(-c4c5ccccc5cc5ccccc45)cc3C2C=C1c1ccc2ccc3cccc4ccc1c2c34. The molecule has 1 aliphatic heterocycles. The molecule has 200 valence electrons. The fraction of sp³-hybridized carbons (Fsp3) is 0.0476. The number of ether oxygens (including phenoxy) is 1. The highest BCUT2D eigenvalue weighted by Crippen LogP contribution is 2.47. The second-order valence-electron chi connectivity index (χ2n) is 12.0. The first-order chi connectivity index (χ1) is 21.3. The van der Waals surface area contributed by atoms with Crippen molar-refractivity contribution in [3.05, 3.63) is 157 Å². The summed E-state index contributed by atoms with van der Waals surface area (Å²) in [4.78, 5) is 0. The average Bonchev–Trinajstić information content (AvgIpc) is 3.43. The van der Waals surface area contributed by atoms with Crippen molar-refractivity contribution in [1.82, 2.24) is 0 Å². The third kappa shape index (κ3) is 3.28. The van der Waals surface area contributed by atoms with Crippen molar-refractivity contribution in [2.45, 2.75) is 12.0 Å². The van der Waals surface area contributed by atoms with Gasteiger partial charge in [0.1, 0.15) is 11.9 Å². The topological polar surface area (TPSA) is 9.23 Å². The van der Waals surface area contributed by atoms with Crippen molar-refractivity contribution in [1.29, 1.82) is 0 Å². The zero-order chi connectivity index (χ0) is 28.1. The maximum atomic E-state index is 6.51. The molecule has 0 radical (unpaired) electrons. The summed E-state index contributed by atoms with van der Waals surface area (Å²) >= 11 is 0. The van der Waals surface area contributed by atoms with Crippen molar-refractivity contribution in [3.8, 4) is 16.9 Å². The van der Waals surface area contributed by atoms with Gasteiger partial charge in [0.05, 0.1) is 0 Å². The molecule has 0 fully saturated rings. The molecule has 10 rings (SSSR count). The van der Waals surface area contributed by atoms with Gasteiger partial charge in [-0.15, -0.1) is 0 Å². The molecule has 0 aromatic heterocycles. The summed E-state index contributed by atoms with van der Waals surface area (Å²) in [6, 6.07) is 46.8. The minimum atomic E-state index is 0.0121. The van der Waals surface area contributed by atoms with Crippen molar-refractivity contribution < 1.29 is 4.74 Å². The van der Waals surface area contributed by atoms with Crippen LogP contribution in [0.5, 0.6) is 5.75 Å². The van der Waals surface area contributed by atoms with Crippen LogP contribution in [0.4, 0.5) is 0 Å². The number of hydrogen-bond donors (Lipinski definition) is 0. The van der Waals surface area contributed by atoms with Crippen molar-refractivity contribution in [2.75, 3.05) is 0 Å². The first-order valence-electron chi connectivity index (χ1n) is 15.1. The Balaban J connectivity index is 1.15. The molecule has 1 heteroatoms. The van der Waals surface area contributed by atoms with E-state index in [4.69, 9.17) is 4.74 Å². The monoisotopic (exact) mass is 546 g/mol. The van der Waals surface area contributed by atoms with E-state index in [0.29, 0.717) is 0 Å². The Hall–Kier alpha value is -5.40. The van der Waals surface area contributed by atoms with Gasteiger partial charge < -0.3 is 4.74 Å². The molecule has 43 heavy (non-hydrogen) atoms. The normalized spacial score (nSPS) is 17.5. The quantitative estimate of drug-likeness (QED) is 0.155. The first-order valence-corrected chi connectivity index (χ1v) is 15.1. The highest BCUT2D eigenvalue weighted by Gasteiger charge is 2.34. The Kier molecular flexibility index (Phi) is 4.62. The van der Waals surface area contributed by atoms with E-state index in [-0.39, 0.29) is 12.0 Å². The van der Waals surface area contributed by atoms with Gasteiger partial charge in [-0.3, -0.25) is 0 Å². The second kappa shape index (κ2) is 8.56. The molecule has 2 atom stereocenters. The third-order valence-corrected chi connectivity index (χ3v) is 9.71. The number of allylic oxidation sites excluding steroid dienone is 2. The highest BCUT2D eigenvalue weighted by molar-refractivity contribution is 6.24. The van der Waals surface area contributed by atoms with Gasteiger partial charge in [-0.25, -0.2) is 0 Å². The fourth-order valence-corrected chi connectivity index (χ4v) is 7.75. The van der Waals surface area contributed by atoms with Gasteiger partial charge in [0.2, 0.25) is 0 Å². The van der Waals surface area contributed by atoms with Gasteiger partial charge in [0.15, 0.2) is 0 Å². The molecular formula is C42H26O. The molecule has 2 unspecified atom stereocenters. The minimum Gasteiger partial charge on any atom is -0.485 e. The molecule has 1 nitrogen and oxygen atoms in total. The molecule has 0 saturated heterocycles. The zero-order valence-corrected chi connectivity index (χ0v) is 23.4. The largest absolute Gasteiger partial charge is 0.485 e. The van der Waals surface area contributed by atoms with Crippen LogP contribution in [0, 0.1) is 0 Å². The van der Waals surface area contributed by atoms with Crippen molar-refractivity contribution in [2.24, 2.45) is 0 Å². The summed E-state index contributed by atoms with van der Waals surface area (Å²) in [7, 11) is 0. The molecule has 0 saturated carbocycles. The number of hydrogen-bond acceptors (Lipinski definition) is 1. The van der Waals surface area contributed by atoms with Crippen LogP contribution in [0.2, 0.25) is 0 Å². The van der Waals surface area contributed by atoms with E-state index in [2.05, 4.69) is 146 Å². The van der Waals surface area contributed by atoms with Crippen molar-refractivity contribution >= 4 is 59.4 Å². The number of rotatable bonds is 2. The van der Waals surface area contributed by atoms with Gasteiger partial charge in [-0.2, -0.15) is 0 Å². The third-order valence-electron chi connectivity index (χ3n) is 9.71. The number of benzene rings is 8. The molecule has 0 amide bonds. The summed E-state index contributed by atoms with van der Waals surface area (Å²) in [6.45, 7) is 0. The van der Waals surface area contributed by atoms with Gasteiger partial charge in [-0.1, -0.05) is 121 Å². The van der Waals surface area contributed by atoms with Crippen LogP contribution in [0.1, 0.15) is 17.0 Å². The van der Waals surface area contributed by atoms with E-state index in [1.54, 1.807) is 0 Å². The predicted octanol–water partition coefficient (Wildman–Crippen LogP) is 11.1. The van der Waals surface area contributed by atoms with Crippen LogP contribution in [0.15, 0.2) is 146 Å². The molecular weight excluding hydrogens is 520 g/mol. The van der Waals surface area contributed by atoms with Crippen LogP contribution < -0.4 is 4.74 Å². The molecule has 0 spiro atoms. The smallest absolute Gasteiger partial charge is 0.128 e. The van der Waals surface area contributed by atoms with Crippen LogP contribution >= 0.6 is 0 Å². The highest BCUT2D eigenvalue weighted by atomic mass is 16.5. The molecule has 0 bridgehead atoms. The van der Waals surface area contributed by atoms with E-state index in [0.717, 1.165) is 5.75 Å². The molecule has 1 aliphatic carbocycles. The van der Waals surface area contributed by atoms with Crippen LogP contribution in [0.25, 0.3) is 70.6 Å². The van der Waals surface area contributed by atoms with Gasteiger partial charge in [0, 0.05) is 11.5 Å². The van der Waals surface area contributed by atoms with Crippen LogP contribution in [0.3, 0.4) is 0 Å². The lowest BCUT2D eigenvalue weighted by Crippen LogP contribution is -2.17. The Labute approximate surface area is 249 Å². The lowest BCUT2D eigenvalue weighted by molar-refractivity contribution is 0.269. The van der Waals surface area contributed by atoms with Gasteiger partial charge in [-0.05, 0) is 100 Å². The maximum absolute atomic E-state index is 6.51. The van der Waals surface area contributed by atoms with Crippen LogP contribution in [-0.2, 0) is 0 Å². The summed E-state index contributed by atoms with van der Waals surface area (Å²) in [5.41, 5.74) is 6.34. The Morgan fingerprint density at radius 3 is 1.98 bits per heavy atom. The lowest BCUT2D eigenvalue weighted by Gasteiger charge is -2.21. The summed E-state index contributed by atoms with van der Waals surface area (Å²) in [5.74, 6) is 1.15. The van der Waals surface area contributed by atoms with E-state index in [1.165, 1.54) is 81.7 Å². The molecule has 0 N–H and O–H groups in total. The molecule has 8 aromatic carbocycles. The minimum absolute atomic E-state index is 0.0121. The van der Waals surface area contributed by atoms with Gasteiger partial charge >= 0.3 is 0 Å². The first kappa shape index (κ1) is 23.2. The summed E-state index contributed by atoms with van der Waals surface area (Å²) in [5, 5.41) is 13.0. The van der Waals surface area contributed by atoms with E-state index in [9.17, 15) is 0 Å². The second-order valence-corrected chi connectivity index (χ2v) is 12.0. The van der Waals surface area contributed by atoms with E-state index < -0.39 is 0 Å². The zero-order valence-electron chi connectivity index (χ0n) is 23.4. The number of fused-ring (bicyclic) bond motifs is 5. The average molecular weight is 547 g/mol. The standard InChI is InChI=1S/C42H26O/c1-3-10-33-28(6-1)22-29-7-2-4-11-34(29)41(33)31-17-21-39-37(24-31)36-23-30(16-20-38(36)43-39)32-18-14-27-13-12-25-8-5-9-26-15-19-35(32)42(27)40(25)26/h1-24,36,38H. The molecule has 2 aliphatic rings. The van der Waals surface area contributed by atoms with Crippen LogP contribution in [-0.4, -0.2) is 6.10 Å². The van der Waals surface area contributed by atoms with E-state index >= 15 is 0 Å².